The van der Waals surface area contributed by atoms with E-state index in [0.29, 0.717) is 0 Å². The predicted octanol–water partition coefficient (Wildman–Crippen LogP) is 2.28. The minimum absolute atomic E-state index is 0.312. The van der Waals surface area contributed by atoms with E-state index >= 15 is 0 Å². The molecule has 0 fully saturated rings. The van der Waals surface area contributed by atoms with Crippen molar-refractivity contribution >= 4 is 19.7 Å². The molecule has 2 aromatic rings. The van der Waals surface area contributed by atoms with Crippen LogP contribution in [0.5, 0.6) is 0 Å². The van der Waals surface area contributed by atoms with Crippen molar-refractivity contribution in [3.63, 3.8) is 0 Å². The van der Waals surface area contributed by atoms with Crippen LogP contribution in [0.1, 0.15) is 5.89 Å². The third-order valence-electron chi connectivity index (χ3n) is 1.71. The van der Waals surface area contributed by atoms with Crippen molar-refractivity contribution in [3.05, 3.63) is 18.0 Å². The lowest BCUT2D eigenvalue weighted by Gasteiger charge is -1.95. The molecule has 18 heavy (non-hydrogen) atoms. The fourth-order valence-corrected chi connectivity index (χ4v) is 1.68. The third-order valence-corrected chi connectivity index (χ3v) is 2.87. The molecule has 2 rings (SSSR count). The normalized spacial score (nSPS) is 12.9. The smallest absolute Gasteiger partial charge is 0.440 e. The molecule has 0 amide bonds. The van der Waals surface area contributed by atoms with Gasteiger partial charge in [0, 0.05) is 10.7 Å². The van der Waals surface area contributed by atoms with Gasteiger partial charge in [-0.15, -0.1) is 0 Å². The molecule has 0 unspecified atom stereocenters. The van der Waals surface area contributed by atoms with Crippen LogP contribution in [0, 0.1) is 0 Å². The monoisotopic (exact) mass is 302 g/mol. The maximum absolute atomic E-state index is 12.2. The first kappa shape index (κ1) is 12.9. The second-order valence-electron chi connectivity index (χ2n) is 2.98. The Bertz CT molecular complexity index is 675. The number of hydrogen-bond donors (Lipinski definition) is 0. The van der Waals surface area contributed by atoms with Crippen LogP contribution < -0.4 is 0 Å². The van der Waals surface area contributed by atoms with Gasteiger partial charge < -0.3 is 8.94 Å². The second-order valence-corrected chi connectivity index (χ2v) is 5.47. The average Bonchev–Trinajstić information content (AvgIpc) is 2.84. The molecule has 0 saturated carbocycles. The van der Waals surface area contributed by atoms with Crippen LogP contribution in [0.15, 0.2) is 26.2 Å². The summed E-state index contributed by atoms with van der Waals surface area (Å²) in [6, 6.07) is 2.02. The molecule has 0 spiro atoms. The van der Waals surface area contributed by atoms with Gasteiger partial charge in [0.1, 0.15) is 0 Å². The van der Waals surface area contributed by atoms with E-state index in [4.69, 9.17) is 10.7 Å². The quantitative estimate of drug-likeness (QED) is 0.791. The van der Waals surface area contributed by atoms with Crippen LogP contribution >= 0.6 is 10.7 Å². The van der Waals surface area contributed by atoms with Crippen molar-refractivity contribution in [1.82, 2.24) is 10.1 Å². The molecule has 2 aromatic heterocycles. The van der Waals surface area contributed by atoms with Crippen molar-refractivity contribution in [2.45, 2.75) is 11.3 Å². The van der Waals surface area contributed by atoms with Crippen LogP contribution in [0.2, 0.25) is 0 Å². The molecular formula is C7H2ClF3N2O4S. The maximum atomic E-state index is 12.2. The van der Waals surface area contributed by atoms with E-state index in [0.717, 1.165) is 12.1 Å². The van der Waals surface area contributed by atoms with Crippen molar-refractivity contribution in [2.24, 2.45) is 0 Å². The van der Waals surface area contributed by atoms with Crippen LogP contribution in [0.4, 0.5) is 13.2 Å². The molecule has 0 bridgehead atoms. The molecule has 0 saturated heterocycles. The summed E-state index contributed by atoms with van der Waals surface area (Å²) in [5, 5.41) is 2.38. The summed E-state index contributed by atoms with van der Waals surface area (Å²) in [4.78, 5) is 3.01. The number of furan rings is 1. The Morgan fingerprint density at radius 1 is 1.28 bits per heavy atom. The molecule has 2 heterocycles. The van der Waals surface area contributed by atoms with Crippen LogP contribution in [0.25, 0.3) is 11.6 Å². The zero-order valence-electron chi connectivity index (χ0n) is 8.10. The highest BCUT2D eigenvalue weighted by Gasteiger charge is 2.38. The second kappa shape index (κ2) is 3.99. The van der Waals surface area contributed by atoms with Crippen LogP contribution in [-0.4, -0.2) is 18.6 Å². The summed E-state index contributed by atoms with van der Waals surface area (Å²) in [7, 11) is 0.857. The minimum atomic E-state index is -4.79. The highest BCUT2D eigenvalue weighted by molar-refractivity contribution is 8.13. The van der Waals surface area contributed by atoms with Gasteiger partial charge in [0.05, 0.1) is 0 Å². The number of alkyl halides is 3. The maximum Gasteiger partial charge on any atom is 0.471 e. The lowest BCUT2D eigenvalue weighted by atomic mass is 10.4. The van der Waals surface area contributed by atoms with Gasteiger partial charge in [0.15, 0.2) is 5.76 Å². The van der Waals surface area contributed by atoms with Gasteiger partial charge in [-0.25, -0.2) is 8.42 Å². The van der Waals surface area contributed by atoms with Crippen LogP contribution in [0.3, 0.4) is 0 Å². The third kappa shape index (κ3) is 2.48. The largest absolute Gasteiger partial charge is 0.471 e. The Morgan fingerprint density at radius 2 is 1.94 bits per heavy atom. The number of hydrogen-bond acceptors (Lipinski definition) is 6. The Morgan fingerprint density at radius 3 is 2.39 bits per heavy atom. The number of aromatic nitrogens is 2. The molecule has 0 atom stereocenters. The first-order chi connectivity index (χ1) is 8.18. The lowest BCUT2D eigenvalue weighted by Crippen LogP contribution is -2.04. The summed E-state index contributed by atoms with van der Waals surface area (Å²) >= 11 is 0. The highest BCUT2D eigenvalue weighted by atomic mass is 35.7. The first-order valence-electron chi connectivity index (χ1n) is 4.14. The summed E-state index contributed by atoms with van der Waals surface area (Å²) in [5.41, 5.74) is 0. The summed E-state index contributed by atoms with van der Waals surface area (Å²) in [5.74, 6) is -2.41. The van der Waals surface area contributed by atoms with E-state index in [1.54, 1.807) is 0 Å². The zero-order chi connectivity index (χ0) is 13.6. The first-order valence-corrected chi connectivity index (χ1v) is 6.44. The van der Waals surface area contributed by atoms with E-state index in [-0.39, 0.29) is 5.76 Å². The molecule has 0 aromatic carbocycles. The Kier molecular flexibility index (Phi) is 2.86. The summed E-state index contributed by atoms with van der Waals surface area (Å²) in [6.45, 7) is 0. The molecule has 11 heteroatoms. The molecule has 0 aliphatic carbocycles. The highest BCUT2D eigenvalue weighted by Crippen LogP contribution is 2.30. The number of halogens is 4. The SMILES string of the molecule is O=S(=O)(Cl)c1ccc(-c2noc(C(F)(F)F)n2)o1. The number of rotatable bonds is 2. The fourth-order valence-electron chi connectivity index (χ4n) is 1.01. The Balaban J connectivity index is 2.39. The van der Waals surface area contributed by atoms with Gasteiger partial charge >= 0.3 is 12.1 Å². The van der Waals surface area contributed by atoms with Gasteiger partial charge in [0.25, 0.3) is 9.05 Å². The van der Waals surface area contributed by atoms with Crippen molar-refractivity contribution in [1.29, 1.82) is 0 Å². The predicted molar refractivity (Wildman–Crippen MR) is 50.0 cm³/mol. The van der Waals surface area contributed by atoms with Gasteiger partial charge in [-0.3, -0.25) is 0 Å². The Labute approximate surface area is 102 Å². The lowest BCUT2D eigenvalue weighted by molar-refractivity contribution is -0.159. The van der Waals surface area contributed by atoms with Crippen molar-refractivity contribution in [3.8, 4) is 11.6 Å². The standard InChI is InChI=1S/C7H2ClF3N2O4S/c8-18(14,15)4-2-1-3(16-4)5-12-6(17-13-5)7(9,10)11/h1-2H. The van der Waals surface area contributed by atoms with E-state index in [1.165, 1.54) is 0 Å². The van der Waals surface area contributed by atoms with Crippen molar-refractivity contribution in [2.75, 3.05) is 0 Å². The van der Waals surface area contributed by atoms with E-state index in [2.05, 4.69) is 19.1 Å². The molecule has 6 nitrogen and oxygen atoms in total. The summed E-state index contributed by atoms with van der Waals surface area (Å²) in [6.07, 6.45) is -4.79. The van der Waals surface area contributed by atoms with Crippen LogP contribution in [-0.2, 0) is 15.2 Å². The Hall–Kier alpha value is -1.55. The molecule has 0 radical (unpaired) electrons. The molecule has 0 N–H and O–H groups in total. The molecule has 0 aliphatic rings. The van der Waals surface area contributed by atoms with Crippen molar-refractivity contribution < 1.29 is 30.5 Å². The average molecular weight is 303 g/mol. The summed E-state index contributed by atoms with van der Waals surface area (Å²) < 4.78 is 66.9. The van der Waals surface area contributed by atoms with Gasteiger partial charge in [-0.05, 0) is 12.1 Å². The molecular weight excluding hydrogens is 301 g/mol. The van der Waals surface area contributed by atoms with Gasteiger partial charge in [0.2, 0.25) is 10.9 Å². The van der Waals surface area contributed by atoms with Gasteiger partial charge in [-0.1, -0.05) is 5.16 Å². The van der Waals surface area contributed by atoms with Gasteiger partial charge in [-0.2, -0.15) is 18.2 Å². The van der Waals surface area contributed by atoms with E-state index in [9.17, 15) is 21.6 Å². The van der Waals surface area contributed by atoms with E-state index in [1.807, 2.05) is 0 Å². The zero-order valence-corrected chi connectivity index (χ0v) is 9.67. The fraction of sp³-hybridized carbons (Fsp3) is 0.143. The minimum Gasteiger partial charge on any atom is -0.440 e. The topological polar surface area (TPSA) is 86.2 Å². The van der Waals surface area contributed by atoms with E-state index < -0.39 is 32.0 Å². The molecule has 98 valence electrons. The molecule has 0 aliphatic heterocycles. The number of nitrogens with zero attached hydrogens (tertiary/aromatic N) is 2.